The smallest absolute Gasteiger partial charge is 0.326 e. The molecule has 1 aliphatic rings. The third kappa shape index (κ3) is 4.31. The van der Waals surface area contributed by atoms with Gasteiger partial charge >= 0.3 is 5.97 Å². The molecule has 1 aliphatic heterocycles. The van der Waals surface area contributed by atoms with Crippen LogP contribution in [-0.2, 0) is 9.53 Å². The first-order valence-corrected chi connectivity index (χ1v) is 8.20. The van der Waals surface area contributed by atoms with Crippen molar-refractivity contribution >= 4 is 11.9 Å². The molecule has 0 aliphatic carbocycles. The number of rotatable bonds is 7. The van der Waals surface area contributed by atoms with E-state index in [-0.39, 0.29) is 11.9 Å². The standard InChI is InChI=1S/C16H25N3O4/c1-3-4-5-14(16(21)22)18-15(20)13-10-17-19(11(13)2)12-6-8-23-9-7-12/h10,12,14H,3-9H2,1-2H3,(H,18,20)(H,21,22)/t14-/m0/s1. The molecule has 7 nitrogen and oxygen atoms in total. The highest BCUT2D eigenvalue weighted by atomic mass is 16.5. The Morgan fingerprint density at radius 1 is 1.48 bits per heavy atom. The van der Waals surface area contributed by atoms with Crippen LogP contribution >= 0.6 is 0 Å². The van der Waals surface area contributed by atoms with Gasteiger partial charge in [-0.05, 0) is 26.2 Å². The highest BCUT2D eigenvalue weighted by Gasteiger charge is 2.25. The van der Waals surface area contributed by atoms with Crippen molar-refractivity contribution in [3.8, 4) is 0 Å². The molecule has 0 unspecified atom stereocenters. The largest absolute Gasteiger partial charge is 0.480 e. The van der Waals surface area contributed by atoms with Crippen molar-refractivity contribution in [2.45, 2.75) is 58.0 Å². The van der Waals surface area contributed by atoms with Crippen molar-refractivity contribution in [3.05, 3.63) is 17.5 Å². The van der Waals surface area contributed by atoms with Gasteiger partial charge < -0.3 is 15.2 Å². The number of carboxylic acids is 1. The number of unbranched alkanes of at least 4 members (excludes halogenated alkanes) is 1. The summed E-state index contributed by atoms with van der Waals surface area (Å²) in [7, 11) is 0. The van der Waals surface area contributed by atoms with E-state index in [0.717, 1.165) is 31.4 Å². The lowest BCUT2D eigenvalue weighted by atomic mass is 10.1. The number of hydrogen-bond acceptors (Lipinski definition) is 4. The molecule has 0 spiro atoms. The van der Waals surface area contributed by atoms with E-state index in [1.807, 2.05) is 18.5 Å². The van der Waals surface area contributed by atoms with E-state index < -0.39 is 12.0 Å². The van der Waals surface area contributed by atoms with E-state index in [4.69, 9.17) is 4.74 Å². The van der Waals surface area contributed by atoms with Crippen molar-refractivity contribution < 1.29 is 19.4 Å². The Morgan fingerprint density at radius 3 is 2.78 bits per heavy atom. The second-order valence-corrected chi connectivity index (χ2v) is 5.94. The SMILES string of the molecule is CCCC[C@H](NC(=O)c1cnn(C2CCOCC2)c1C)C(=O)O. The molecule has 2 N–H and O–H groups in total. The van der Waals surface area contributed by atoms with Crippen LogP contribution in [0.5, 0.6) is 0 Å². The van der Waals surface area contributed by atoms with Gasteiger partial charge in [0.25, 0.3) is 5.91 Å². The number of amides is 1. The number of nitrogens with one attached hydrogen (secondary N) is 1. The van der Waals surface area contributed by atoms with Gasteiger partial charge in [-0.25, -0.2) is 4.79 Å². The fourth-order valence-corrected chi connectivity index (χ4v) is 2.85. The lowest BCUT2D eigenvalue weighted by Crippen LogP contribution is -2.40. The Bertz CT molecular complexity index is 550. The van der Waals surface area contributed by atoms with E-state index in [1.54, 1.807) is 0 Å². The van der Waals surface area contributed by atoms with Gasteiger partial charge in [-0.2, -0.15) is 5.10 Å². The molecule has 1 saturated heterocycles. The van der Waals surface area contributed by atoms with Crippen LogP contribution in [0.1, 0.15) is 61.1 Å². The minimum Gasteiger partial charge on any atom is -0.480 e. The Labute approximate surface area is 136 Å². The Hall–Kier alpha value is -1.89. The number of ether oxygens (including phenoxy) is 1. The molecule has 1 fully saturated rings. The molecule has 1 atom stereocenters. The molecular weight excluding hydrogens is 298 g/mol. The molecule has 1 aromatic heterocycles. The number of nitrogens with zero attached hydrogens (tertiary/aromatic N) is 2. The second kappa shape index (κ2) is 8.10. The van der Waals surface area contributed by atoms with Gasteiger partial charge in [0.1, 0.15) is 6.04 Å². The van der Waals surface area contributed by atoms with Crippen LogP contribution in [0.4, 0.5) is 0 Å². The lowest BCUT2D eigenvalue weighted by molar-refractivity contribution is -0.139. The van der Waals surface area contributed by atoms with Gasteiger partial charge in [-0.1, -0.05) is 19.8 Å². The molecule has 1 aromatic rings. The third-order valence-corrected chi connectivity index (χ3v) is 4.28. The fourth-order valence-electron chi connectivity index (χ4n) is 2.85. The minimum atomic E-state index is -0.999. The highest BCUT2D eigenvalue weighted by molar-refractivity contribution is 5.97. The summed E-state index contributed by atoms with van der Waals surface area (Å²) in [5.74, 6) is -1.37. The van der Waals surface area contributed by atoms with E-state index in [0.29, 0.717) is 25.2 Å². The van der Waals surface area contributed by atoms with Gasteiger partial charge in [-0.3, -0.25) is 9.48 Å². The van der Waals surface area contributed by atoms with Crippen LogP contribution in [0.25, 0.3) is 0 Å². The minimum absolute atomic E-state index is 0.237. The fraction of sp³-hybridized carbons (Fsp3) is 0.688. The summed E-state index contributed by atoms with van der Waals surface area (Å²) in [5, 5.41) is 16.2. The third-order valence-electron chi connectivity index (χ3n) is 4.28. The summed E-state index contributed by atoms with van der Waals surface area (Å²) in [6.07, 6.45) is 5.36. The van der Waals surface area contributed by atoms with Gasteiger partial charge in [0.15, 0.2) is 0 Å². The van der Waals surface area contributed by atoms with E-state index in [9.17, 15) is 14.7 Å². The van der Waals surface area contributed by atoms with Crippen molar-refractivity contribution in [3.63, 3.8) is 0 Å². The molecule has 0 saturated carbocycles. The van der Waals surface area contributed by atoms with Gasteiger partial charge in [-0.15, -0.1) is 0 Å². The van der Waals surface area contributed by atoms with Crippen LogP contribution in [0.2, 0.25) is 0 Å². The van der Waals surface area contributed by atoms with Crippen molar-refractivity contribution in [1.29, 1.82) is 0 Å². The average Bonchev–Trinajstić information content (AvgIpc) is 2.93. The van der Waals surface area contributed by atoms with Crippen molar-refractivity contribution in [2.24, 2.45) is 0 Å². The summed E-state index contributed by atoms with van der Waals surface area (Å²) in [5.41, 5.74) is 1.22. The first-order chi connectivity index (χ1) is 11.0. The molecule has 23 heavy (non-hydrogen) atoms. The molecule has 0 bridgehead atoms. The zero-order chi connectivity index (χ0) is 16.8. The maximum atomic E-state index is 12.4. The summed E-state index contributed by atoms with van der Waals surface area (Å²) >= 11 is 0. The van der Waals surface area contributed by atoms with E-state index in [1.165, 1.54) is 6.20 Å². The van der Waals surface area contributed by atoms with Crippen molar-refractivity contribution in [2.75, 3.05) is 13.2 Å². The zero-order valence-corrected chi connectivity index (χ0v) is 13.7. The van der Waals surface area contributed by atoms with Crippen LogP contribution < -0.4 is 5.32 Å². The molecule has 0 aromatic carbocycles. The number of aromatic nitrogens is 2. The summed E-state index contributed by atoms with van der Waals surface area (Å²) < 4.78 is 7.21. The molecule has 7 heteroatoms. The molecule has 1 amide bonds. The number of carbonyl (C=O) groups is 2. The number of carboxylic acid groups (broad SMARTS) is 1. The Morgan fingerprint density at radius 2 is 2.17 bits per heavy atom. The highest BCUT2D eigenvalue weighted by Crippen LogP contribution is 2.23. The van der Waals surface area contributed by atoms with Crippen molar-refractivity contribution in [1.82, 2.24) is 15.1 Å². The molecule has 0 radical (unpaired) electrons. The average molecular weight is 323 g/mol. The quantitative estimate of drug-likeness (QED) is 0.799. The first kappa shape index (κ1) is 17.5. The predicted molar refractivity (Wildman–Crippen MR) is 84.5 cm³/mol. The van der Waals surface area contributed by atoms with Crippen LogP contribution in [0, 0.1) is 6.92 Å². The molecule has 2 heterocycles. The van der Waals surface area contributed by atoms with Crippen LogP contribution in [-0.4, -0.2) is 46.0 Å². The lowest BCUT2D eigenvalue weighted by Gasteiger charge is -2.23. The predicted octanol–water partition coefficient (Wildman–Crippen LogP) is 1.92. The number of hydrogen-bond donors (Lipinski definition) is 2. The number of carbonyl (C=O) groups excluding carboxylic acids is 1. The van der Waals surface area contributed by atoms with Crippen LogP contribution in [0.15, 0.2) is 6.20 Å². The maximum Gasteiger partial charge on any atom is 0.326 e. The topological polar surface area (TPSA) is 93.5 Å². The monoisotopic (exact) mass is 323 g/mol. The van der Waals surface area contributed by atoms with Gasteiger partial charge in [0.05, 0.1) is 17.8 Å². The Balaban J connectivity index is 2.07. The number of aliphatic carboxylic acids is 1. The zero-order valence-electron chi connectivity index (χ0n) is 13.7. The normalized spacial score (nSPS) is 17.0. The maximum absolute atomic E-state index is 12.4. The van der Waals surface area contributed by atoms with Gasteiger partial charge in [0, 0.05) is 18.9 Å². The Kier molecular flexibility index (Phi) is 6.15. The first-order valence-electron chi connectivity index (χ1n) is 8.20. The summed E-state index contributed by atoms with van der Waals surface area (Å²) in [6.45, 7) is 5.23. The van der Waals surface area contributed by atoms with Gasteiger partial charge in [0.2, 0.25) is 0 Å². The molecular formula is C16H25N3O4. The van der Waals surface area contributed by atoms with E-state index in [2.05, 4.69) is 10.4 Å². The second-order valence-electron chi connectivity index (χ2n) is 5.94. The van der Waals surface area contributed by atoms with E-state index >= 15 is 0 Å². The summed E-state index contributed by atoms with van der Waals surface area (Å²) in [6, 6.07) is -0.617. The molecule has 128 valence electrons. The molecule has 2 rings (SSSR count). The van der Waals surface area contributed by atoms with Crippen LogP contribution in [0.3, 0.4) is 0 Å². The summed E-state index contributed by atoms with van der Waals surface area (Å²) in [4.78, 5) is 23.6.